The van der Waals surface area contributed by atoms with Crippen LogP contribution in [-0.2, 0) is 16.1 Å². The van der Waals surface area contributed by atoms with Gasteiger partial charge in [0.1, 0.15) is 5.75 Å². The maximum absolute atomic E-state index is 12.3. The quantitative estimate of drug-likeness (QED) is 0.561. The Balaban J connectivity index is 1.63. The van der Waals surface area contributed by atoms with Crippen LogP contribution in [0.5, 0.6) is 5.75 Å². The molecule has 0 bridgehead atoms. The highest BCUT2D eigenvalue weighted by Gasteiger charge is 2.24. The Morgan fingerprint density at radius 2 is 1.88 bits per heavy atom. The van der Waals surface area contributed by atoms with Crippen molar-refractivity contribution in [3.8, 4) is 11.8 Å². The zero-order chi connectivity index (χ0) is 22.8. The van der Waals surface area contributed by atoms with E-state index in [4.69, 9.17) is 14.7 Å². The molecule has 0 aromatic heterocycles. The van der Waals surface area contributed by atoms with E-state index < -0.39 is 0 Å². The summed E-state index contributed by atoms with van der Waals surface area (Å²) >= 11 is 0. The lowest BCUT2D eigenvalue weighted by Gasteiger charge is -2.36. The molecule has 0 aliphatic carbocycles. The smallest absolute Gasteiger partial charge is 0.222 e. The lowest BCUT2D eigenvalue weighted by atomic mass is 10.1. The van der Waals surface area contributed by atoms with E-state index in [0.717, 1.165) is 62.4 Å². The van der Waals surface area contributed by atoms with Crippen molar-refractivity contribution in [2.75, 3.05) is 39.8 Å². The van der Waals surface area contributed by atoms with Gasteiger partial charge in [-0.05, 0) is 41.8 Å². The number of unbranched alkanes of at least 4 members (excludes halogenated alkanes) is 1. The van der Waals surface area contributed by atoms with Crippen molar-refractivity contribution in [2.45, 2.75) is 38.9 Å². The molecule has 1 saturated heterocycles. The maximum Gasteiger partial charge on any atom is 0.222 e. The molecule has 1 unspecified atom stereocenters. The summed E-state index contributed by atoms with van der Waals surface area (Å²) in [5.74, 6) is 1.08. The molecule has 6 heteroatoms. The van der Waals surface area contributed by atoms with Crippen LogP contribution < -0.4 is 4.74 Å². The summed E-state index contributed by atoms with van der Waals surface area (Å²) in [5.41, 5.74) is 2.74. The van der Waals surface area contributed by atoms with Gasteiger partial charge in [0.15, 0.2) is 0 Å². The average molecular weight is 436 g/mol. The van der Waals surface area contributed by atoms with Crippen molar-refractivity contribution >= 4 is 5.91 Å². The fraction of sp³-hybridized carbons (Fsp3) is 0.462. The zero-order valence-electron chi connectivity index (χ0n) is 19.1. The van der Waals surface area contributed by atoms with Gasteiger partial charge >= 0.3 is 0 Å². The molecule has 2 aromatic rings. The minimum atomic E-state index is -0.122. The van der Waals surface area contributed by atoms with Crippen LogP contribution in [0.2, 0.25) is 0 Å². The van der Waals surface area contributed by atoms with E-state index in [1.54, 1.807) is 7.11 Å². The van der Waals surface area contributed by atoms with E-state index in [1.807, 2.05) is 47.4 Å². The molecule has 1 heterocycles. The number of hydrogen-bond acceptors (Lipinski definition) is 5. The molecule has 32 heavy (non-hydrogen) atoms. The third kappa shape index (κ3) is 6.81. The molecular formula is C26H33N3O3. The van der Waals surface area contributed by atoms with E-state index in [9.17, 15) is 4.79 Å². The molecule has 3 rings (SSSR count). The second-order valence-corrected chi connectivity index (χ2v) is 8.17. The predicted octanol–water partition coefficient (Wildman–Crippen LogP) is 4.16. The summed E-state index contributed by atoms with van der Waals surface area (Å²) in [6.07, 6.45) is 2.53. The Morgan fingerprint density at radius 3 is 2.53 bits per heavy atom. The van der Waals surface area contributed by atoms with Crippen LogP contribution in [0.3, 0.4) is 0 Å². The van der Waals surface area contributed by atoms with Crippen molar-refractivity contribution in [2.24, 2.45) is 0 Å². The van der Waals surface area contributed by atoms with Gasteiger partial charge in [0, 0.05) is 39.1 Å². The van der Waals surface area contributed by atoms with Crippen LogP contribution in [-0.4, -0.2) is 55.5 Å². The van der Waals surface area contributed by atoms with Crippen molar-refractivity contribution in [3.05, 3.63) is 65.2 Å². The number of carbonyl (C=O) groups excluding carboxylic acids is 1. The molecule has 170 valence electrons. The maximum atomic E-state index is 12.3. The van der Waals surface area contributed by atoms with Crippen LogP contribution in [0, 0.1) is 11.3 Å². The van der Waals surface area contributed by atoms with Crippen LogP contribution in [0.4, 0.5) is 0 Å². The highest BCUT2D eigenvalue weighted by molar-refractivity contribution is 5.76. The number of ether oxygens (including phenoxy) is 2. The van der Waals surface area contributed by atoms with Gasteiger partial charge in [0.05, 0.1) is 31.5 Å². The van der Waals surface area contributed by atoms with Gasteiger partial charge in [-0.1, -0.05) is 37.6 Å². The van der Waals surface area contributed by atoms with Gasteiger partial charge < -0.3 is 14.4 Å². The molecule has 1 aliphatic rings. The van der Waals surface area contributed by atoms with E-state index >= 15 is 0 Å². The molecule has 0 radical (unpaired) electrons. The van der Waals surface area contributed by atoms with Gasteiger partial charge in [0.2, 0.25) is 5.91 Å². The van der Waals surface area contributed by atoms with Gasteiger partial charge in [-0.2, -0.15) is 5.26 Å². The first-order valence-corrected chi connectivity index (χ1v) is 11.4. The Bertz CT molecular complexity index is 899. The van der Waals surface area contributed by atoms with Crippen molar-refractivity contribution in [1.82, 2.24) is 9.80 Å². The normalized spacial score (nSPS) is 15.2. The van der Waals surface area contributed by atoms with Gasteiger partial charge in [-0.25, -0.2) is 0 Å². The standard InChI is InChI=1S/C26H33N3O3/c1-3-4-8-26(30)29-15-13-28(14-16-29)19-25(23-6-5-7-24(17-23)31-2)32-20-22-11-9-21(18-27)10-12-22/h5-7,9-12,17,25H,3-4,8,13-16,19-20H2,1-2H3. The van der Waals surface area contributed by atoms with E-state index in [2.05, 4.69) is 24.0 Å². The molecule has 1 aliphatic heterocycles. The summed E-state index contributed by atoms with van der Waals surface area (Å²) in [4.78, 5) is 16.7. The Kier molecular flexibility index (Phi) is 9.09. The van der Waals surface area contributed by atoms with Crippen molar-refractivity contribution in [3.63, 3.8) is 0 Å². The molecule has 1 fully saturated rings. The Hall–Kier alpha value is -2.88. The van der Waals surface area contributed by atoms with Crippen molar-refractivity contribution in [1.29, 1.82) is 5.26 Å². The van der Waals surface area contributed by atoms with Crippen LogP contribution in [0.1, 0.15) is 49.0 Å². The molecule has 1 atom stereocenters. The molecule has 6 nitrogen and oxygen atoms in total. The number of hydrogen-bond donors (Lipinski definition) is 0. The van der Waals surface area contributed by atoms with Crippen LogP contribution in [0.25, 0.3) is 0 Å². The number of nitriles is 1. The van der Waals surface area contributed by atoms with Gasteiger partial charge in [-0.15, -0.1) is 0 Å². The zero-order valence-corrected chi connectivity index (χ0v) is 19.1. The summed E-state index contributed by atoms with van der Waals surface area (Å²) in [7, 11) is 1.67. The number of carbonyl (C=O) groups is 1. The first kappa shape index (κ1) is 23.8. The molecule has 1 amide bonds. The second kappa shape index (κ2) is 12.2. The Morgan fingerprint density at radius 1 is 1.12 bits per heavy atom. The largest absolute Gasteiger partial charge is 0.497 e. The summed E-state index contributed by atoms with van der Waals surface area (Å²) in [6.45, 7) is 6.55. The second-order valence-electron chi connectivity index (χ2n) is 8.17. The third-order valence-electron chi connectivity index (χ3n) is 5.89. The topological polar surface area (TPSA) is 65.8 Å². The average Bonchev–Trinajstić information content (AvgIpc) is 2.85. The SMILES string of the molecule is CCCCC(=O)N1CCN(CC(OCc2ccc(C#N)cc2)c2cccc(OC)c2)CC1. The lowest BCUT2D eigenvalue weighted by Crippen LogP contribution is -2.49. The van der Waals surface area contributed by atoms with E-state index in [0.29, 0.717) is 18.6 Å². The summed E-state index contributed by atoms with van der Waals surface area (Å²) in [6, 6.07) is 17.6. The first-order valence-electron chi connectivity index (χ1n) is 11.4. The third-order valence-corrected chi connectivity index (χ3v) is 5.89. The molecule has 0 N–H and O–H groups in total. The molecule has 0 saturated carbocycles. The first-order chi connectivity index (χ1) is 15.6. The number of methoxy groups -OCH3 is 1. The molecular weight excluding hydrogens is 402 g/mol. The van der Waals surface area contributed by atoms with Crippen LogP contribution >= 0.6 is 0 Å². The van der Waals surface area contributed by atoms with E-state index in [1.165, 1.54) is 0 Å². The highest BCUT2D eigenvalue weighted by Crippen LogP contribution is 2.25. The minimum absolute atomic E-state index is 0.122. The van der Waals surface area contributed by atoms with Crippen molar-refractivity contribution < 1.29 is 14.3 Å². The number of benzene rings is 2. The fourth-order valence-corrected chi connectivity index (χ4v) is 3.87. The number of nitrogens with zero attached hydrogens (tertiary/aromatic N) is 3. The monoisotopic (exact) mass is 435 g/mol. The Labute approximate surface area is 191 Å². The number of piperazine rings is 1. The van der Waals surface area contributed by atoms with E-state index in [-0.39, 0.29) is 12.0 Å². The predicted molar refractivity (Wildman–Crippen MR) is 124 cm³/mol. The van der Waals surface area contributed by atoms with Crippen LogP contribution in [0.15, 0.2) is 48.5 Å². The lowest BCUT2D eigenvalue weighted by molar-refractivity contribution is -0.133. The minimum Gasteiger partial charge on any atom is -0.497 e. The van der Waals surface area contributed by atoms with Gasteiger partial charge in [-0.3, -0.25) is 9.69 Å². The fourth-order valence-electron chi connectivity index (χ4n) is 3.87. The van der Waals surface area contributed by atoms with Gasteiger partial charge in [0.25, 0.3) is 0 Å². The molecule has 0 spiro atoms. The molecule has 2 aromatic carbocycles. The summed E-state index contributed by atoms with van der Waals surface area (Å²) in [5, 5.41) is 9.00. The summed E-state index contributed by atoms with van der Waals surface area (Å²) < 4.78 is 11.8. The highest BCUT2D eigenvalue weighted by atomic mass is 16.5. The number of rotatable bonds is 10. The number of amides is 1.